The van der Waals surface area contributed by atoms with Gasteiger partial charge >= 0.3 is 0 Å². The molecule has 0 saturated heterocycles. The van der Waals surface area contributed by atoms with Crippen molar-refractivity contribution in [3.8, 4) is 0 Å². The van der Waals surface area contributed by atoms with Gasteiger partial charge in [-0.05, 0) is 42.7 Å². The van der Waals surface area contributed by atoms with E-state index in [0.717, 1.165) is 0 Å². The van der Waals surface area contributed by atoms with E-state index in [4.69, 9.17) is 0 Å². The third-order valence-electron chi connectivity index (χ3n) is 2.88. The van der Waals surface area contributed by atoms with Gasteiger partial charge < -0.3 is 0 Å². The zero-order valence-electron chi connectivity index (χ0n) is 7.06. The van der Waals surface area contributed by atoms with E-state index in [0.29, 0.717) is 18.3 Å². The molecule has 66 valence electrons. The largest absolute Gasteiger partial charge is 0.204 e. The molecule has 1 saturated carbocycles. The summed E-state index contributed by atoms with van der Waals surface area (Å²) in [6, 6.07) is 0. The van der Waals surface area contributed by atoms with Crippen molar-refractivity contribution in [2.45, 2.75) is 19.8 Å². The van der Waals surface area contributed by atoms with Crippen LogP contribution in [0, 0.1) is 17.8 Å². The van der Waals surface area contributed by atoms with Crippen LogP contribution >= 0.6 is 0 Å². The van der Waals surface area contributed by atoms with Crippen LogP contribution in [0.1, 0.15) is 19.8 Å². The molecule has 0 amide bonds. The maximum absolute atomic E-state index is 12.8. The van der Waals surface area contributed by atoms with Gasteiger partial charge in [0.15, 0.2) is 11.7 Å². The van der Waals surface area contributed by atoms with Gasteiger partial charge in [-0.2, -0.15) is 0 Å². The zero-order valence-corrected chi connectivity index (χ0v) is 7.06. The summed E-state index contributed by atoms with van der Waals surface area (Å²) in [5.41, 5.74) is 0. The molecule has 2 rings (SSSR count). The molecule has 0 heterocycles. The summed E-state index contributed by atoms with van der Waals surface area (Å²) in [7, 11) is 0. The molecular formula is C10H12F2. The monoisotopic (exact) mass is 170 g/mol. The molecule has 0 aromatic carbocycles. The Hall–Kier alpha value is -0.660. The summed E-state index contributed by atoms with van der Waals surface area (Å²) in [5.74, 6) is 0.207. The molecule has 0 radical (unpaired) electrons. The van der Waals surface area contributed by atoms with Gasteiger partial charge in [0.25, 0.3) is 0 Å². The molecule has 0 nitrogen and oxygen atoms in total. The topological polar surface area (TPSA) is 0 Å². The maximum atomic E-state index is 12.8. The van der Waals surface area contributed by atoms with Crippen LogP contribution in [0.4, 0.5) is 8.78 Å². The van der Waals surface area contributed by atoms with Gasteiger partial charge in [0.05, 0.1) is 0 Å². The highest BCUT2D eigenvalue weighted by atomic mass is 19.2. The van der Waals surface area contributed by atoms with Crippen molar-refractivity contribution >= 4 is 0 Å². The molecule has 2 heteroatoms. The normalized spacial score (nSPS) is 40.4. The summed E-state index contributed by atoms with van der Waals surface area (Å²) in [5, 5.41) is 0. The first-order valence-corrected chi connectivity index (χ1v) is 4.42. The Bertz CT molecular complexity index is 253. The summed E-state index contributed by atoms with van der Waals surface area (Å²) >= 11 is 0. The lowest BCUT2D eigenvalue weighted by Gasteiger charge is -2.13. The van der Waals surface area contributed by atoms with Crippen LogP contribution in [0.25, 0.3) is 0 Å². The minimum Gasteiger partial charge on any atom is -0.204 e. The highest BCUT2D eigenvalue weighted by Gasteiger charge is 2.39. The molecule has 3 atom stereocenters. The highest BCUT2D eigenvalue weighted by molar-refractivity contribution is 5.25. The van der Waals surface area contributed by atoms with Crippen LogP contribution in [0.3, 0.4) is 0 Å². The molecular weight excluding hydrogens is 158 g/mol. The van der Waals surface area contributed by atoms with Gasteiger partial charge in [0, 0.05) is 0 Å². The fourth-order valence-corrected chi connectivity index (χ4v) is 1.92. The van der Waals surface area contributed by atoms with E-state index >= 15 is 0 Å². The van der Waals surface area contributed by atoms with E-state index < -0.39 is 11.7 Å². The van der Waals surface area contributed by atoms with Gasteiger partial charge in [-0.3, -0.25) is 0 Å². The minimum absolute atomic E-state index is 0.250. The van der Waals surface area contributed by atoms with E-state index in [1.54, 1.807) is 0 Å². The number of hydrogen-bond donors (Lipinski definition) is 0. The molecule has 0 aromatic heterocycles. The molecule has 1 unspecified atom stereocenters. The lowest BCUT2D eigenvalue weighted by atomic mass is 9.94. The van der Waals surface area contributed by atoms with Gasteiger partial charge in [-0.1, -0.05) is 6.92 Å². The van der Waals surface area contributed by atoms with Gasteiger partial charge in [-0.15, -0.1) is 0 Å². The third-order valence-corrected chi connectivity index (χ3v) is 2.88. The van der Waals surface area contributed by atoms with Crippen LogP contribution in [0.2, 0.25) is 0 Å². The SMILES string of the molecule is C[C@@H]1C[C@H]1C1C=C(F)C(F)=CC1. The van der Waals surface area contributed by atoms with E-state index in [1.807, 2.05) is 0 Å². The molecule has 0 aromatic rings. The molecule has 0 aliphatic heterocycles. The van der Waals surface area contributed by atoms with E-state index in [1.165, 1.54) is 18.6 Å². The fourth-order valence-electron chi connectivity index (χ4n) is 1.92. The second kappa shape index (κ2) is 2.68. The summed E-state index contributed by atoms with van der Waals surface area (Å²) < 4.78 is 25.3. The van der Waals surface area contributed by atoms with Crippen molar-refractivity contribution in [2.24, 2.45) is 17.8 Å². The Morgan fingerprint density at radius 1 is 1.33 bits per heavy atom. The molecule has 2 aliphatic carbocycles. The summed E-state index contributed by atoms with van der Waals surface area (Å²) in [4.78, 5) is 0. The van der Waals surface area contributed by atoms with Crippen molar-refractivity contribution < 1.29 is 8.78 Å². The molecule has 0 spiro atoms. The first kappa shape index (κ1) is 7.96. The van der Waals surface area contributed by atoms with E-state index in [9.17, 15) is 8.78 Å². The van der Waals surface area contributed by atoms with Gasteiger partial charge in [-0.25, -0.2) is 8.78 Å². The minimum atomic E-state index is -0.681. The van der Waals surface area contributed by atoms with Crippen molar-refractivity contribution in [1.82, 2.24) is 0 Å². The predicted octanol–water partition coefficient (Wildman–Crippen LogP) is 3.37. The second-order valence-corrected chi connectivity index (χ2v) is 3.84. The second-order valence-electron chi connectivity index (χ2n) is 3.84. The number of allylic oxidation sites excluding steroid dienone is 4. The average Bonchev–Trinajstić information content (AvgIpc) is 2.73. The number of halogens is 2. The van der Waals surface area contributed by atoms with Gasteiger partial charge in [0.1, 0.15) is 0 Å². The van der Waals surface area contributed by atoms with E-state index in [2.05, 4.69) is 6.92 Å². The lowest BCUT2D eigenvalue weighted by molar-refractivity contribution is 0.469. The van der Waals surface area contributed by atoms with Gasteiger partial charge in [0.2, 0.25) is 0 Å². The fraction of sp³-hybridized carbons (Fsp3) is 0.600. The summed E-state index contributed by atoms with van der Waals surface area (Å²) in [6.07, 6.45) is 4.66. The zero-order chi connectivity index (χ0) is 8.72. The van der Waals surface area contributed by atoms with Crippen LogP contribution in [-0.4, -0.2) is 0 Å². The quantitative estimate of drug-likeness (QED) is 0.566. The third kappa shape index (κ3) is 1.30. The Morgan fingerprint density at radius 3 is 2.50 bits per heavy atom. The smallest absolute Gasteiger partial charge is 0.154 e. The molecule has 2 aliphatic rings. The molecule has 1 fully saturated rings. The van der Waals surface area contributed by atoms with Crippen LogP contribution in [0.5, 0.6) is 0 Å². The molecule has 0 N–H and O–H groups in total. The Balaban J connectivity index is 2.05. The maximum Gasteiger partial charge on any atom is 0.154 e. The Kier molecular flexibility index (Phi) is 1.78. The van der Waals surface area contributed by atoms with Crippen molar-refractivity contribution in [3.05, 3.63) is 23.8 Å². The highest BCUT2D eigenvalue weighted by Crippen LogP contribution is 2.47. The standard InChI is InChI=1S/C10H12F2/c1-6-4-8(6)7-2-3-9(11)10(12)5-7/h3,5-8H,2,4H2,1H3/t6-,7?,8-/m1/s1. The van der Waals surface area contributed by atoms with Crippen LogP contribution in [0.15, 0.2) is 23.8 Å². The van der Waals surface area contributed by atoms with Crippen molar-refractivity contribution in [2.75, 3.05) is 0 Å². The first-order valence-electron chi connectivity index (χ1n) is 4.42. The molecule has 0 bridgehead atoms. The van der Waals surface area contributed by atoms with Crippen molar-refractivity contribution in [1.29, 1.82) is 0 Å². The number of rotatable bonds is 1. The first-order chi connectivity index (χ1) is 5.68. The average molecular weight is 170 g/mol. The lowest BCUT2D eigenvalue weighted by Crippen LogP contribution is -2.04. The number of hydrogen-bond acceptors (Lipinski definition) is 0. The predicted molar refractivity (Wildman–Crippen MR) is 43.8 cm³/mol. The van der Waals surface area contributed by atoms with Crippen molar-refractivity contribution in [3.63, 3.8) is 0 Å². The Morgan fingerprint density at radius 2 is 2.00 bits per heavy atom. The molecule has 12 heavy (non-hydrogen) atoms. The van der Waals surface area contributed by atoms with Crippen LogP contribution in [-0.2, 0) is 0 Å². The van der Waals surface area contributed by atoms with Crippen LogP contribution < -0.4 is 0 Å². The van der Waals surface area contributed by atoms with E-state index in [-0.39, 0.29) is 5.92 Å². The Labute approximate surface area is 71.0 Å². The summed E-state index contributed by atoms with van der Waals surface area (Å²) in [6.45, 7) is 2.16.